The van der Waals surface area contributed by atoms with E-state index in [1.54, 1.807) is 12.1 Å². The summed E-state index contributed by atoms with van der Waals surface area (Å²) in [6.45, 7) is 1.95. The van der Waals surface area contributed by atoms with Crippen molar-refractivity contribution < 1.29 is 14.0 Å². The number of hydrogen-bond acceptors (Lipinski definition) is 2. The predicted molar refractivity (Wildman–Crippen MR) is 65.3 cm³/mol. The van der Waals surface area contributed by atoms with Crippen LogP contribution >= 0.6 is 0 Å². The van der Waals surface area contributed by atoms with Crippen LogP contribution < -0.4 is 16.4 Å². The molecule has 1 aromatic rings. The average Bonchev–Trinajstić information content (AvgIpc) is 2.30. The number of hydrogen-bond donors (Lipinski definition) is 3. The summed E-state index contributed by atoms with van der Waals surface area (Å²) in [4.78, 5) is 22.0. The first-order valence-electron chi connectivity index (χ1n) is 5.57. The van der Waals surface area contributed by atoms with Crippen molar-refractivity contribution in [2.45, 2.75) is 19.4 Å². The molecule has 1 unspecified atom stereocenters. The van der Waals surface area contributed by atoms with Crippen molar-refractivity contribution in [3.05, 3.63) is 35.6 Å². The number of nitrogens with one attached hydrogen (secondary N) is 2. The molecule has 98 valence electrons. The molecule has 0 heterocycles. The number of carbonyl (C=O) groups excluding carboxylic acids is 2. The van der Waals surface area contributed by atoms with E-state index in [-0.39, 0.29) is 11.7 Å². The molecule has 1 aromatic carbocycles. The fourth-order valence-electron chi connectivity index (χ4n) is 1.41. The number of carbonyl (C=O) groups is 2. The SMILES string of the molecule is CC(NC(N)=O)C(=O)NCCc1ccc(F)cc1. The van der Waals surface area contributed by atoms with E-state index in [9.17, 15) is 14.0 Å². The predicted octanol–water partition coefficient (Wildman–Crippen LogP) is 0.541. The number of primary amides is 1. The molecule has 0 saturated heterocycles. The molecule has 6 heteroatoms. The van der Waals surface area contributed by atoms with Gasteiger partial charge in [-0.1, -0.05) is 12.1 Å². The molecular weight excluding hydrogens is 237 g/mol. The molecule has 0 radical (unpaired) electrons. The number of nitrogens with two attached hydrogens (primary N) is 1. The van der Waals surface area contributed by atoms with Crippen LogP contribution in [0.15, 0.2) is 24.3 Å². The summed E-state index contributed by atoms with van der Waals surface area (Å²) >= 11 is 0. The lowest BCUT2D eigenvalue weighted by Crippen LogP contribution is -2.47. The molecule has 0 aliphatic carbocycles. The van der Waals surface area contributed by atoms with Crippen molar-refractivity contribution in [1.82, 2.24) is 10.6 Å². The number of rotatable bonds is 5. The van der Waals surface area contributed by atoms with Crippen LogP contribution in [-0.2, 0) is 11.2 Å². The molecule has 0 saturated carbocycles. The summed E-state index contributed by atoms with van der Waals surface area (Å²) in [5.41, 5.74) is 5.82. The van der Waals surface area contributed by atoms with E-state index in [1.165, 1.54) is 19.1 Å². The van der Waals surface area contributed by atoms with Crippen LogP contribution in [-0.4, -0.2) is 24.5 Å². The van der Waals surface area contributed by atoms with Crippen molar-refractivity contribution in [2.24, 2.45) is 5.73 Å². The van der Waals surface area contributed by atoms with Crippen molar-refractivity contribution in [1.29, 1.82) is 0 Å². The van der Waals surface area contributed by atoms with Crippen LogP contribution in [0.2, 0.25) is 0 Å². The Hall–Kier alpha value is -2.11. The molecule has 5 nitrogen and oxygen atoms in total. The van der Waals surface area contributed by atoms with E-state index in [4.69, 9.17) is 5.73 Å². The molecule has 0 spiro atoms. The van der Waals surface area contributed by atoms with E-state index >= 15 is 0 Å². The van der Waals surface area contributed by atoms with E-state index in [0.717, 1.165) is 5.56 Å². The van der Waals surface area contributed by atoms with Crippen LogP contribution in [0.1, 0.15) is 12.5 Å². The van der Waals surface area contributed by atoms with Crippen LogP contribution in [0.4, 0.5) is 9.18 Å². The molecule has 18 heavy (non-hydrogen) atoms. The highest BCUT2D eigenvalue weighted by molar-refractivity contribution is 5.86. The maximum absolute atomic E-state index is 12.6. The molecule has 0 fully saturated rings. The molecule has 4 N–H and O–H groups in total. The van der Waals surface area contributed by atoms with Gasteiger partial charge in [0.2, 0.25) is 5.91 Å². The maximum atomic E-state index is 12.6. The zero-order valence-corrected chi connectivity index (χ0v) is 10.1. The third-order valence-corrected chi connectivity index (χ3v) is 2.38. The number of amides is 3. The largest absolute Gasteiger partial charge is 0.354 e. The number of benzene rings is 1. The van der Waals surface area contributed by atoms with Gasteiger partial charge < -0.3 is 16.4 Å². The third kappa shape index (κ3) is 4.82. The molecule has 0 aliphatic heterocycles. The van der Waals surface area contributed by atoms with Gasteiger partial charge in [-0.2, -0.15) is 0 Å². The molecular formula is C12H16FN3O2. The standard InChI is InChI=1S/C12H16FN3O2/c1-8(16-12(14)18)11(17)15-7-6-9-2-4-10(13)5-3-9/h2-5,8H,6-7H2,1H3,(H,15,17)(H3,14,16,18). The minimum absolute atomic E-state index is 0.290. The first-order valence-corrected chi connectivity index (χ1v) is 5.57. The molecule has 0 bridgehead atoms. The first-order chi connectivity index (χ1) is 8.49. The Morgan fingerprint density at radius 3 is 2.50 bits per heavy atom. The molecule has 0 aliphatic rings. The van der Waals surface area contributed by atoms with Crippen LogP contribution in [0.3, 0.4) is 0 Å². The highest BCUT2D eigenvalue weighted by atomic mass is 19.1. The molecule has 1 rings (SSSR count). The van der Waals surface area contributed by atoms with Gasteiger partial charge in [-0.05, 0) is 31.0 Å². The van der Waals surface area contributed by atoms with Crippen molar-refractivity contribution in [3.8, 4) is 0 Å². The van der Waals surface area contributed by atoms with Gasteiger partial charge in [0.1, 0.15) is 11.9 Å². The Morgan fingerprint density at radius 1 is 1.33 bits per heavy atom. The van der Waals surface area contributed by atoms with Gasteiger partial charge in [0, 0.05) is 6.54 Å². The normalized spacial score (nSPS) is 11.7. The minimum atomic E-state index is -0.740. The fourth-order valence-corrected chi connectivity index (χ4v) is 1.41. The van der Waals surface area contributed by atoms with Gasteiger partial charge in [0.15, 0.2) is 0 Å². The summed E-state index contributed by atoms with van der Waals surface area (Å²) in [5.74, 6) is -0.599. The highest BCUT2D eigenvalue weighted by Crippen LogP contribution is 2.02. The van der Waals surface area contributed by atoms with Crippen molar-refractivity contribution in [3.63, 3.8) is 0 Å². The second-order valence-corrected chi connectivity index (χ2v) is 3.90. The van der Waals surface area contributed by atoms with E-state index in [1.807, 2.05) is 0 Å². The highest BCUT2D eigenvalue weighted by Gasteiger charge is 2.12. The van der Waals surface area contributed by atoms with Gasteiger partial charge in [-0.25, -0.2) is 9.18 Å². The zero-order valence-electron chi connectivity index (χ0n) is 10.1. The number of urea groups is 1. The van der Waals surface area contributed by atoms with Gasteiger partial charge in [-0.3, -0.25) is 4.79 Å². The summed E-state index contributed by atoms with van der Waals surface area (Å²) in [5, 5.41) is 4.92. The molecule has 3 amide bonds. The smallest absolute Gasteiger partial charge is 0.312 e. The van der Waals surface area contributed by atoms with Gasteiger partial charge in [0.25, 0.3) is 0 Å². The van der Waals surface area contributed by atoms with Crippen molar-refractivity contribution in [2.75, 3.05) is 6.54 Å². The topological polar surface area (TPSA) is 84.2 Å². The zero-order chi connectivity index (χ0) is 13.5. The quantitative estimate of drug-likeness (QED) is 0.715. The lowest BCUT2D eigenvalue weighted by molar-refractivity contribution is -0.122. The van der Waals surface area contributed by atoms with E-state index in [2.05, 4.69) is 10.6 Å². The van der Waals surface area contributed by atoms with Crippen LogP contribution in [0.5, 0.6) is 0 Å². The minimum Gasteiger partial charge on any atom is -0.354 e. The summed E-state index contributed by atoms with van der Waals surface area (Å²) in [6, 6.07) is 4.65. The number of halogens is 1. The first kappa shape index (κ1) is 14.0. The maximum Gasteiger partial charge on any atom is 0.312 e. The Kier molecular flexibility index (Phi) is 5.10. The Balaban J connectivity index is 2.31. The van der Waals surface area contributed by atoms with Crippen molar-refractivity contribution >= 4 is 11.9 Å². The van der Waals surface area contributed by atoms with Gasteiger partial charge in [-0.15, -0.1) is 0 Å². The molecule has 0 aromatic heterocycles. The van der Waals surface area contributed by atoms with E-state index in [0.29, 0.717) is 13.0 Å². The summed E-state index contributed by atoms with van der Waals surface area (Å²) < 4.78 is 12.6. The second-order valence-electron chi connectivity index (χ2n) is 3.90. The Labute approximate surface area is 105 Å². The van der Waals surface area contributed by atoms with Crippen LogP contribution in [0, 0.1) is 5.82 Å². The lowest BCUT2D eigenvalue weighted by Gasteiger charge is -2.12. The summed E-state index contributed by atoms with van der Waals surface area (Å²) in [7, 11) is 0. The average molecular weight is 253 g/mol. The van der Waals surface area contributed by atoms with Gasteiger partial charge >= 0.3 is 6.03 Å². The third-order valence-electron chi connectivity index (χ3n) is 2.38. The lowest BCUT2D eigenvalue weighted by atomic mass is 10.1. The van der Waals surface area contributed by atoms with Crippen LogP contribution in [0.25, 0.3) is 0 Å². The monoisotopic (exact) mass is 253 g/mol. The fraction of sp³-hybridized carbons (Fsp3) is 0.333. The summed E-state index contributed by atoms with van der Waals surface area (Å²) in [6.07, 6.45) is 0.593. The Bertz CT molecular complexity index is 420. The van der Waals surface area contributed by atoms with Gasteiger partial charge in [0.05, 0.1) is 0 Å². The second kappa shape index (κ2) is 6.58. The van der Waals surface area contributed by atoms with E-state index < -0.39 is 12.1 Å². The molecule has 1 atom stereocenters. The Morgan fingerprint density at radius 2 is 1.94 bits per heavy atom.